The van der Waals surface area contributed by atoms with Crippen LogP contribution in [0.5, 0.6) is 0 Å². The van der Waals surface area contributed by atoms with Crippen LogP contribution in [0.2, 0.25) is 0 Å². The second kappa shape index (κ2) is 10.4. The minimum Gasteiger partial charge on any atom is -0.379 e. The number of benzene rings is 2. The molecule has 36 heavy (non-hydrogen) atoms. The zero-order chi connectivity index (χ0) is 26.0. The third-order valence-electron chi connectivity index (χ3n) is 5.71. The number of amides is 3. The summed E-state index contributed by atoms with van der Waals surface area (Å²) in [5.41, 5.74) is 2.90. The predicted molar refractivity (Wildman–Crippen MR) is 130 cm³/mol. The zero-order valence-corrected chi connectivity index (χ0v) is 20.9. The lowest BCUT2D eigenvalue weighted by Crippen LogP contribution is -2.60. The molecule has 4 rings (SSSR count). The molecule has 10 nitrogen and oxygen atoms in total. The van der Waals surface area contributed by atoms with E-state index in [1.54, 1.807) is 23.7 Å². The maximum Gasteiger partial charge on any atom is 0.330 e. The Morgan fingerprint density at radius 3 is 2.58 bits per heavy atom. The van der Waals surface area contributed by atoms with Gasteiger partial charge in [-0.05, 0) is 35.9 Å². The van der Waals surface area contributed by atoms with E-state index in [1.807, 2.05) is 4.72 Å². The highest BCUT2D eigenvalue weighted by molar-refractivity contribution is 7.87. The number of carbonyl (C=O) groups excluding carboxylic acids is 2. The van der Waals surface area contributed by atoms with Gasteiger partial charge in [-0.1, -0.05) is 0 Å². The minimum absolute atomic E-state index is 0.0753. The van der Waals surface area contributed by atoms with Gasteiger partial charge in [0.1, 0.15) is 17.7 Å². The molecule has 1 aromatic heterocycles. The van der Waals surface area contributed by atoms with Crippen molar-refractivity contribution in [3.05, 3.63) is 59.1 Å². The van der Waals surface area contributed by atoms with Crippen molar-refractivity contribution >= 4 is 49.4 Å². The molecule has 2 N–H and O–H groups in total. The lowest BCUT2D eigenvalue weighted by atomic mass is 10.0. The Kier molecular flexibility index (Phi) is 7.49. The molecule has 14 heteroatoms. The molecule has 2 aromatic carbocycles. The van der Waals surface area contributed by atoms with E-state index in [9.17, 15) is 26.8 Å². The molecule has 0 spiro atoms. The van der Waals surface area contributed by atoms with Crippen LogP contribution in [-0.4, -0.2) is 69.0 Å². The first-order valence-corrected chi connectivity index (χ1v) is 13.0. The van der Waals surface area contributed by atoms with Crippen LogP contribution in [0.4, 0.5) is 19.3 Å². The van der Waals surface area contributed by atoms with Crippen molar-refractivity contribution in [2.75, 3.05) is 32.1 Å². The van der Waals surface area contributed by atoms with Gasteiger partial charge in [-0.2, -0.15) is 12.7 Å². The van der Waals surface area contributed by atoms with Crippen LogP contribution in [-0.2, 0) is 26.2 Å². The first kappa shape index (κ1) is 25.9. The number of urea groups is 1. The number of hydrogen-bond donors (Lipinski definition) is 2. The van der Waals surface area contributed by atoms with E-state index in [4.69, 9.17) is 4.74 Å². The molecule has 1 saturated heterocycles. The lowest BCUT2D eigenvalue weighted by Gasteiger charge is -2.36. The molecule has 0 bridgehead atoms. The molecule has 0 unspecified atom stereocenters. The van der Waals surface area contributed by atoms with Crippen molar-refractivity contribution in [3.8, 4) is 0 Å². The first-order chi connectivity index (χ1) is 17.1. The number of halogens is 2. The highest BCUT2D eigenvalue weighted by Crippen LogP contribution is 2.24. The fourth-order valence-corrected chi connectivity index (χ4v) is 5.50. The van der Waals surface area contributed by atoms with Crippen LogP contribution in [0.3, 0.4) is 0 Å². The largest absolute Gasteiger partial charge is 0.379 e. The van der Waals surface area contributed by atoms with Crippen LogP contribution in [0.1, 0.15) is 5.56 Å². The number of thiazole rings is 1. The van der Waals surface area contributed by atoms with Gasteiger partial charge in [0.25, 0.3) is 0 Å². The molecule has 1 aliphatic rings. The van der Waals surface area contributed by atoms with E-state index >= 15 is 0 Å². The number of methoxy groups -OCH3 is 1. The van der Waals surface area contributed by atoms with Gasteiger partial charge in [-0.15, -0.1) is 11.3 Å². The predicted octanol–water partition coefficient (Wildman–Crippen LogP) is 2.02. The van der Waals surface area contributed by atoms with Crippen molar-refractivity contribution < 1.29 is 31.5 Å². The Balaban J connectivity index is 1.54. The number of aromatic nitrogens is 1. The average molecular weight is 540 g/mol. The van der Waals surface area contributed by atoms with Gasteiger partial charge in [0.15, 0.2) is 0 Å². The van der Waals surface area contributed by atoms with E-state index in [1.165, 1.54) is 30.4 Å². The van der Waals surface area contributed by atoms with Gasteiger partial charge in [-0.3, -0.25) is 4.79 Å². The van der Waals surface area contributed by atoms with Gasteiger partial charge in [0.2, 0.25) is 5.91 Å². The van der Waals surface area contributed by atoms with Crippen molar-refractivity contribution in [1.82, 2.24) is 19.3 Å². The molecule has 3 aromatic rings. The quantitative estimate of drug-likeness (QED) is 0.452. The van der Waals surface area contributed by atoms with Crippen molar-refractivity contribution in [3.63, 3.8) is 0 Å². The highest BCUT2D eigenvalue weighted by atomic mass is 32.2. The van der Waals surface area contributed by atoms with E-state index in [-0.39, 0.29) is 31.2 Å². The standard InChI is InChI=1S/C22H23F2N5O5S2/c1-28(16-3-4-20-18(9-16)25-12-35-20)21(30)19(7-13-5-14(23)8-15(24)6-13)26-22(31)27-36(32,33)29-10-17(11-29)34-2/h3-6,8-9,12,17,19H,7,10-11H2,1-2H3,(H2,26,27,31)/t19-/m0/s1. The SMILES string of the molecule is COC1CN(S(=O)(=O)NC(=O)N[C@@H](Cc2cc(F)cc(F)c2)C(=O)N(C)c2ccc3scnc3c2)C1. The van der Waals surface area contributed by atoms with Gasteiger partial charge < -0.3 is 15.0 Å². The summed E-state index contributed by atoms with van der Waals surface area (Å²) >= 11 is 1.43. The number of ether oxygens (including phenoxy) is 1. The molecule has 0 aliphatic carbocycles. The summed E-state index contributed by atoms with van der Waals surface area (Å²) in [5.74, 6) is -2.34. The van der Waals surface area contributed by atoms with Crippen LogP contribution in [0.25, 0.3) is 10.2 Å². The van der Waals surface area contributed by atoms with E-state index in [0.717, 1.165) is 21.1 Å². The Hall–Kier alpha value is -3.20. The molecular formula is C22H23F2N5O5S2. The molecule has 1 fully saturated rings. The van der Waals surface area contributed by atoms with Gasteiger partial charge in [-0.25, -0.2) is 23.3 Å². The van der Waals surface area contributed by atoms with Crippen LogP contribution < -0.4 is 14.9 Å². The molecule has 2 heterocycles. The fourth-order valence-electron chi connectivity index (χ4n) is 3.70. The first-order valence-electron chi connectivity index (χ1n) is 10.7. The Labute approximate surface area is 210 Å². The number of nitrogens with zero attached hydrogens (tertiary/aromatic N) is 3. The number of anilines is 1. The van der Waals surface area contributed by atoms with Gasteiger partial charge in [0, 0.05) is 45.4 Å². The summed E-state index contributed by atoms with van der Waals surface area (Å²) in [4.78, 5) is 31.5. The Morgan fingerprint density at radius 2 is 1.92 bits per heavy atom. The smallest absolute Gasteiger partial charge is 0.330 e. The van der Waals surface area contributed by atoms with Crippen LogP contribution in [0.15, 0.2) is 41.9 Å². The maximum absolute atomic E-state index is 13.8. The van der Waals surface area contributed by atoms with E-state index in [2.05, 4.69) is 10.3 Å². The summed E-state index contributed by atoms with van der Waals surface area (Å²) in [6, 6.07) is 5.41. The summed E-state index contributed by atoms with van der Waals surface area (Å²) in [6.45, 7) is 0.151. The van der Waals surface area contributed by atoms with Gasteiger partial charge >= 0.3 is 16.2 Å². The summed E-state index contributed by atoms with van der Waals surface area (Å²) in [5, 5.41) is 2.33. The second-order valence-electron chi connectivity index (χ2n) is 8.19. The molecule has 0 radical (unpaired) electrons. The van der Waals surface area contributed by atoms with Crippen molar-refractivity contribution in [1.29, 1.82) is 0 Å². The molecule has 192 valence electrons. The molecular weight excluding hydrogens is 516 g/mol. The highest BCUT2D eigenvalue weighted by Gasteiger charge is 2.37. The number of hydrogen-bond acceptors (Lipinski definition) is 7. The summed E-state index contributed by atoms with van der Waals surface area (Å²) < 4.78 is 61.2. The van der Waals surface area contributed by atoms with E-state index in [0.29, 0.717) is 17.3 Å². The van der Waals surface area contributed by atoms with E-state index < -0.39 is 39.8 Å². The minimum atomic E-state index is -4.17. The van der Waals surface area contributed by atoms with Gasteiger partial charge in [0.05, 0.1) is 21.8 Å². The Morgan fingerprint density at radius 1 is 1.22 bits per heavy atom. The number of rotatable bonds is 8. The topological polar surface area (TPSA) is 121 Å². The molecule has 1 aliphatic heterocycles. The van der Waals surface area contributed by atoms with Crippen LogP contribution >= 0.6 is 11.3 Å². The fraction of sp³-hybridized carbons (Fsp3) is 0.318. The monoisotopic (exact) mass is 539 g/mol. The normalized spacial score (nSPS) is 15.3. The lowest BCUT2D eigenvalue weighted by molar-refractivity contribution is -0.120. The van der Waals surface area contributed by atoms with Crippen molar-refractivity contribution in [2.24, 2.45) is 0 Å². The number of likely N-dealkylation sites (N-methyl/N-ethyl adjacent to an activating group) is 1. The summed E-state index contributed by atoms with van der Waals surface area (Å²) in [6.07, 6.45) is -0.565. The third-order valence-corrected chi connectivity index (χ3v) is 7.94. The maximum atomic E-state index is 13.8. The number of fused-ring (bicyclic) bond motifs is 1. The Bertz CT molecular complexity index is 1370. The summed E-state index contributed by atoms with van der Waals surface area (Å²) in [7, 11) is -1.26. The number of carbonyl (C=O) groups is 2. The average Bonchev–Trinajstić information content (AvgIpc) is 3.23. The molecule has 3 amide bonds. The van der Waals surface area contributed by atoms with Crippen molar-refractivity contribution in [2.45, 2.75) is 18.6 Å². The third kappa shape index (κ3) is 5.78. The molecule has 0 saturated carbocycles. The van der Waals surface area contributed by atoms with Crippen LogP contribution in [0, 0.1) is 11.6 Å². The number of nitrogens with one attached hydrogen (secondary N) is 2. The molecule has 1 atom stereocenters. The zero-order valence-electron chi connectivity index (χ0n) is 19.3. The second-order valence-corrected chi connectivity index (χ2v) is 10.7.